The first-order chi connectivity index (χ1) is 11.8. The van der Waals surface area contributed by atoms with Gasteiger partial charge in [0.1, 0.15) is 11.9 Å². The largest absolute Gasteiger partial charge is 0.332 e. The van der Waals surface area contributed by atoms with Gasteiger partial charge in [-0.15, -0.1) is 0 Å². The van der Waals surface area contributed by atoms with Crippen molar-refractivity contribution < 1.29 is 0 Å². The number of imidazole rings is 1. The van der Waals surface area contributed by atoms with Crippen molar-refractivity contribution in [1.82, 2.24) is 36.5 Å². The summed E-state index contributed by atoms with van der Waals surface area (Å²) in [5.74, 6) is 0. The topological polar surface area (TPSA) is 78.8 Å². The van der Waals surface area contributed by atoms with Crippen LogP contribution in [0.1, 0.15) is 17.3 Å². The van der Waals surface area contributed by atoms with Gasteiger partial charge in [-0.2, -0.15) is 11.1 Å². The van der Waals surface area contributed by atoms with Crippen molar-refractivity contribution in [2.24, 2.45) is 0 Å². The molecule has 0 spiro atoms. The molecule has 1 aliphatic heterocycles. The van der Waals surface area contributed by atoms with Crippen LogP contribution in [0.15, 0.2) is 55.1 Å². The molecule has 1 aliphatic rings. The van der Waals surface area contributed by atoms with Crippen LogP contribution < -0.4 is 21.9 Å². The fourth-order valence-electron chi connectivity index (χ4n) is 2.61. The zero-order valence-electron chi connectivity index (χ0n) is 12.7. The van der Waals surface area contributed by atoms with E-state index in [0.717, 1.165) is 27.5 Å². The molecule has 3 heterocycles. The molecule has 24 heavy (non-hydrogen) atoms. The Hall–Kier alpha value is -2.29. The Morgan fingerprint density at radius 3 is 2.75 bits per heavy atom. The van der Waals surface area contributed by atoms with Crippen molar-refractivity contribution in [2.45, 2.75) is 12.7 Å². The lowest BCUT2D eigenvalue weighted by molar-refractivity contribution is 0.554. The van der Waals surface area contributed by atoms with E-state index in [-0.39, 0.29) is 6.17 Å². The summed E-state index contributed by atoms with van der Waals surface area (Å²) in [5, 5.41) is 0.737. The molecule has 4 N–H and O–H groups in total. The maximum Gasteiger partial charge on any atom is 0.111 e. The van der Waals surface area contributed by atoms with E-state index < -0.39 is 0 Å². The third-order valence-corrected chi connectivity index (χ3v) is 4.00. The first-order valence-electron chi connectivity index (χ1n) is 7.51. The maximum atomic E-state index is 6.03. The lowest BCUT2D eigenvalue weighted by Crippen LogP contribution is -2.33. The van der Waals surface area contributed by atoms with Gasteiger partial charge in [0, 0.05) is 24.0 Å². The molecular formula is C16H16ClN7. The van der Waals surface area contributed by atoms with Crippen molar-refractivity contribution in [3.8, 4) is 11.4 Å². The zero-order chi connectivity index (χ0) is 16.4. The van der Waals surface area contributed by atoms with E-state index in [1.165, 1.54) is 0 Å². The Morgan fingerprint density at radius 1 is 1.04 bits per heavy atom. The van der Waals surface area contributed by atoms with Gasteiger partial charge in [0.05, 0.1) is 12.0 Å². The summed E-state index contributed by atoms with van der Waals surface area (Å²) in [6.45, 7) is 0.715. The molecule has 4 rings (SSSR count). The van der Waals surface area contributed by atoms with Crippen molar-refractivity contribution in [3.63, 3.8) is 0 Å². The Balaban J connectivity index is 1.55. The SMILES string of the molecule is Clc1cccc(Cn2cnc(-c3cc(C4NNNN4)ccn3)c2)c1. The standard InChI is InChI=1S/C16H16ClN7/c17-13-3-1-2-11(6-13)8-24-9-15(19-10-24)14-7-12(4-5-18-14)16-20-22-23-21-16/h1-7,9-10,16,20-23H,8H2. The van der Waals surface area contributed by atoms with E-state index in [1.807, 2.05) is 47.2 Å². The number of hydrogen-bond donors (Lipinski definition) is 4. The highest BCUT2D eigenvalue weighted by molar-refractivity contribution is 6.30. The van der Waals surface area contributed by atoms with Gasteiger partial charge in [0.25, 0.3) is 0 Å². The second kappa shape index (κ2) is 6.68. The quantitative estimate of drug-likeness (QED) is 0.579. The lowest BCUT2D eigenvalue weighted by Gasteiger charge is -2.09. The monoisotopic (exact) mass is 341 g/mol. The fraction of sp³-hybridized carbons (Fsp3) is 0.125. The average Bonchev–Trinajstić information content (AvgIpc) is 3.27. The Morgan fingerprint density at radius 2 is 1.92 bits per heavy atom. The molecule has 0 radical (unpaired) electrons. The van der Waals surface area contributed by atoms with Gasteiger partial charge >= 0.3 is 0 Å². The minimum Gasteiger partial charge on any atom is -0.332 e. The van der Waals surface area contributed by atoms with E-state index in [1.54, 1.807) is 12.5 Å². The molecule has 0 aliphatic carbocycles. The molecule has 0 unspecified atom stereocenters. The molecule has 0 amide bonds. The lowest BCUT2D eigenvalue weighted by atomic mass is 10.1. The van der Waals surface area contributed by atoms with Crippen LogP contribution in [0.5, 0.6) is 0 Å². The van der Waals surface area contributed by atoms with Crippen LogP contribution >= 0.6 is 11.6 Å². The van der Waals surface area contributed by atoms with Crippen LogP contribution in [-0.4, -0.2) is 14.5 Å². The number of aromatic nitrogens is 3. The summed E-state index contributed by atoms with van der Waals surface area (Å²) in [6, 6.07) is 11.8. The van der Waals surface area contributed by atoms with Crippen molar-refractivity contribution in [2.75, 3.05) is 0 Å². The summed E-state index contributed by atoms with van der Waals surface area (Å²) in [6.07, 6.45) is 5.54. The highest BCUT2D eigenvalue weighted by Gasteiger charge is 2.16. The van der Waals surface area contributed by atoms with Crippen LogP contribution in [0.3, 0.4) is 0 Å². The molecule has 3 aromatic rings. The molecular weight excluding hydrogens is 326 g/mol. The summed E-state index contributed by atoms with van der Waals surface area (Å²) in [4.78, 5) is 8.89. The van der Waals surface area contributed by atoms with Crippen molar-refractivity contribution in [1.29, 1.82) is 0 Å². The second-order valence-electron chi connectivity index (χ2n) is 5.51. The van der Waals surface area contributed by atoms with E-state index in [2.05, 4.69) is 31.9 Å². The number of benzene rings is 1. The maximum absolute atomic E-state index is 6.03. The molecule has 0 atom stereocenters. The predicted molar refractivity (Wildman–Crippen MR) is 91.3 cm³/mol. The number of halogens is 1. The molecule has 1 aromatic carbocycles. The fourth-order valence-corrected chi connectivity index (χ4v) is 2.82. The highest BCUT2D eigenvalue weighted by Crippen LogP contribution is 2.19. The normalized spacial score (nSPS) is 15.0. The summed E-state index contributed by atoms with van der Waals surface area (Å²) >= 11 is 6.03. The summed E-state index contributed by atoms with van der Waals surface area (Å²) < 4.78 is 2.02. The van der Waals surface area contributed by atoms with Gasteiger partial charge in [-0.05, 0) is 35.4 Å². The molecule has 0 saturated carbocycles. The highest BCUT2D eigenvalue weighted by atomic mass is 35.5. The van der Waals surface area contributed by atoms with Crippen LogP contribution in [-0.2, 0) is 6.54 Å². The average molecular weight is 342 g/mol. The van der Waals surface area contributed by atoms with Crippen LogP contribution in [0.4, 0.5) is 0 Å². The van der Waals surface area contributed by atoms with Crippen LogP contribution in [0, 0.1) is 0 Å². The second-order valence-corrected chi connectivity index (χ2v) is 5.94. The molecule has 122 valence electrons. The van der Waals surface area contributed by atoms with Crippen LogP contribution in [0.2, 0.25) is 5.02 Å². The third-order valence-electron chi connectivity index (χ3n) is 3.76. The van der Waals surface area contributed by atoms with E-state index in [0.29, 0.717) is 6.54 Å². The van der Waals surface area contributed by atoms with Crippen molar-refractivity contribution >= 4 is 11.6 Å². The third kappa shape index (κ3) is 3.30. The number of rotatable bonds is 4. The van der Waals surface area contributed by atoms with E-state index >= 15 is 0 Å². The Kier molecular flexibility index (Phi) is 4.24. The number of hydrazine groups is 3. The summed E-state index contributed by atoms with van der Waals surface area (Å²) in [7, 11) is 0. The smallest absolute Gasteiger partial charge is 0.111 e. The molecule has 0 bridgehead atoms. The molecule has 2 aromatic heterocycles. The summed E-state index contributed by atoms with van der Waals surface area (Å²) in [5.41, 5.74) is 15.6. The van der Waals surface area contributed by atoms with Gasteiger partial charge in [-0.25, -0.2) is 15.8 Å². The van der Waals surface area contributed by atoms with E-state index in [4.69, 9.17) is 11.6 Å². The minimum atomic E-state index is -0.0275. The van der Waals surface area contributed by atoms with Crippen molar-refractivity contribution in [3.05, 3.63) is 71.3 Å². The van der Waals surface area contributed by atoms with Gasteiger partial charge in [-0.1, -0.05) is 23.7 Å². The number of nitrogens with zero attached hydrogens (tertiary/aromatic N) is 3. The van der Waals surface area contributed by atoms with Gasteiger partial charge in [-0.3, -0.25) is 4.98 Å². The molecule has 1 saturated heterocycles. The molecule has 7 nitrogen and oxygen atoms in total. The van der Waals surface area contributed by atoms with Crippen LogP contribution in [0.25, 0.3) is 11.4 Å². The minimum absolute atomic E-state index is 0.0275. The molecule has 1 fully saturated rings. The Labute approximate surface area is 144 Å². The van der Waals surface area contributed by atoms with Gasteiger partial charge in [0.2, 0.25) is 0 Å². The predicted octanol–water partition coefficient (Wildman–Crippen LogP) is 1.76. The first kappa shape index (κ1) is 15.3. The molecule has 8 heteroatoms. The van der Waals surface area contributed by atoms with Gasteiger partial charge in [0.15, 0.2) is 0 Å². The number of hydrogen-bond acceptors (Lipinski definition) is 6. The zero-order valence-corrected chi connectivity index (χ0v) is 13.5. The number of pyridine rings is 1. The van der Waals surface area contributed by atoms with Gasteiger partial charge < -0.3 is 4.57 Å². The Bertz CT molecular complexity index is 842. The first-order valence-corrected chi connectivity index (χ1v) is 7.89. The van der Waals surface area contributed by atoms with E-state index in [9.17, 15) is 0 Å². The number of nitrogens with one attached hydrogen (secondary N) is 4.